The van der Waals surface area contributed by atoms with E-state index in [1.165, 1.54) is 32.9 Å². The van der Waals surface area contributed by atoms with Gasteiger partial charge in [-0.3, -0.25) is 9.32 Å². The molecule has 0 amide bonds. The zero-order valence-corrected chi connectivity index (χ0v) is 20.0. The molecule has 6 atom stereocenters. The number of aliphatic hydroxyl groups excluding tert-OH is 1. The number of carbonyl (C=O) groups is 1. The van der Waals surface area contributed by atoms with E-state index in [4.69, 9.17) is 18.5 Å². The normalized spacial score (nSPS) is 33.3. The zero-order chi connectivity index (χ0) is 24.3. The van der Waals surface area contributed by atoms with Crippen molar-refractivity contribution in [3.63, 3.8) is 0 Å². The van der Waals surface area contributed by atoms with E-state index in [1.807, 2.05) is 0 Å². The van der Waals surface area contributed by atoms with Crippen LogP contribution in [0.2, 0.25) is 0 Å². The minimum atomic E-state index is -4.35. The minimum Gasteiger partial charge on any atom is -0.461 e. The van der Waals surface area contributed by atoms with Gasteiger partial charge in [0.15, 0.2) is 0 Å². The lowest BCUT2D eigenvalue weighted by molar-refractivity contribution is -0.190. The van der Waals surface area contributed by atoms with Gasteiger partial charge in [-0.15, -0.1) is 0 Å². The molecule has 1 heterocycles. The third-order valence-corrected chi connectivity index (χ3v) is 7.72. The predicted octanol–water partition coefficient (Wildman–Crippen LogP) is 3.24. The number of nitrogens with one attached hydrogen (secondary N) is 1. The molecule has 1 aromatic rings. The fraction of sp³-hybridized carbons (Fsp3) is 0.682. The molecule has 2 unspecified atom stereocenters. The van der Waals surface area contributed by atoms with E-state index in [1.54, 1.807) is 18.2 Å². The van der Waals surface area contributed by atoms with Gasteiger partial charge in [0, 0.05) is 0 Å². The summed E-state index contributed by atoms with van der Waals surface area (Å²) >= 11 is 0. The lowest BCUT2D eigenvalue weighted by Crippen LogP contribution is -2.49. The summed E-state index contributed by atoms with van der Waals surface area (Å²) in [5.41, 5.74) is -1.88. The summed E-state index contributed by atoms with van der Waals surface area (Å²) in [6.07, 6.45) is 1.37. The first kappa shape index (κ1) is 26.1. The highest BCUT2D eigenvalue weighted by Crippen LogP contribution is 2.48. The summed E-state index contributed by atoms with van der Waals surface area (Å²) in [6, 6.07) is 6.94. The highest BCUT2D eigenvalue weighted by atomic mass is 31.2. The Morgan fingerprint density at radius 1 is 1.30 bits per heavy atom. The van der Waals surface area contributed by atoms with Crippen molar-refractivity contribution in [2.75, 3.05) is 6.61 Å². The molecule has 186 valence electrons. The Bertz CT molecular complexity index is 850. The van der Waals surface area contributed by atoms with Gasteiger partial charge < -0.3 is 24.2 Å². The molecule has 1 aliphatic carbocycles. The van der Waals surface area contributed by atoms with E-state index in [0.717, 1.165) is 32.1 Å². The molecule has 1 aromatic carbocycles. The van der Waals surface area contributed by atoms with Crippen LogP contribution in [-0.2, 0) is 23.4 Å². The van der Waals surface area contributed by atoms with E-state index in [-0.39, 0.29) is 11.9 Å². The fourth-order valence-electron chi connectivity index (χ4n) is 3.87. The first-order valence-corrected chi connectivity index (χ1v) is 12.7. The van der Waals surface area contributed by atoms with Crippen LogP contribution in [0.4, 0.5) is 4.39 Å². The number of esters is 1. The summed E-state index contributed by atoms with van der Waals surface area (Å²) in [5.74, 6) is -3.32. The number of alkyl halides is 1. The largest absolute Gasteiger partial charge is 0.461 e. The van der Waals surface area contributed by atoms with Gasteiger partial charge in [-0.05, 0) is 58.6 Å². The molecule has 0 aromatic heterocycles. The van der Waals surface area contributed by atoms with Crippen LogP contribution in [0.3, 0.4) is 0 Å². The molecule has 3 N–H and O–H groups in total. The maximum Gasteiger partial charge on any atom is 0.459 e. The first-order valence-electron chi connectivity index (χ1n) is 11.2. The van der Waals surface area contributed by atoms with Crippen LogP contribution in [0.5, 0.6) is 5.75 Å². The van der Waals surface area contributed by atoms with Gasteiger partial charge in [-0.1, -0.05) is 24.6 Å². The van der Waals surface area contributed by atoms with Gasteiger partial charge in [-0.25, -0.2) is 8.96 Å². The molecular formula is C22H33FNO8P. The highest BCUT2D eigenvalue weighted by molar-refractivity contribution is 7.52. The Kier molecular flexibility index (Phi) is 8.19. The topological polar surface area (TPSA) is 124 Å². The van der Waals surface area contributed by atoms with E-state index in [9.17, 15) is 19.6 Å². The monoisotopic (exact) mass is 489 g/mol. The molecule has 11 heteroatoms. The van der Waals surface area contributed by atoms with Crippen molar-refractivity contribution < 1.29 is 42.5 Å². The Labute approximate surface area is 193 Å². The third kappa shape index (κ3) is 6.32. The van der Waals surface area contributed by atoms with Crippen LogP contribution in [0.1, 0.15) is 52.9 Å². The Hall–Kier alpha value is -1.55. The predicted molar refractivity (Wildman–Crippen MR) is 117 cm³/mol. The van der Waals surface area contributed by atoms with E-state index in [0.29, 0.717) is 0 Å². The van der Waals surface area contributed by atoms with Gasteiger partial charge >= 0.3 is 13.7 Å². The number of ether oxygens (including phenoxy) is 2. The van der Waals surface area contributed by atoms with Gasteiger partial charge in [-0.2, -0.15) is 5.09 Å². The van der Waals surface area contributed by atoms with Crippen LogP contribution in [0.15, 0.2) is 30.3 Å². The molecule has 33 heavy (non-hydrogen) atoms. The molecule has 1 aliphatic heterocycles. The van der Waals surface area contributed by atoms with Gasteiger partial charge in [0.25, 0.3) is 5.85 Å². The second-order valence-electron chi connectivity index (χ2n) is 8.90. The molecule has 0 bridgehead atoms. The number of para-hydroxylation sites is 1. The Balaban J connectivity index is 1.71. The maximum absolute atomic E-state index is 15.3. The van der Waals surface area contributed by atoms with Crippen LogP contribution in [0, 0.1) is 0 Å². The standard InChI is InChI=1S/C22H33FNO8P/c1-15(19(25)30-17-10-6-4-7-11-17)24-33(28,32-18-12-8-5-9-13-18)29-14-22(23)20(26)21(3,27)16(2)31-22/h5,8-9,12-13,15-17,20,26-27H,4,6-7,10-11,14H2,1-3H3,(H,24,28)/t15-,16?,20-,21-,22+,33?/m0/s1. The van der Waals surface area contributed by atoms with Gasteiger partial charge in [0.1, 0.15) is 36.2 Å². The van der Waals surface area contributed by atoms with Crippen molar-refractivity contribution in [3.8, 4) is 5.75 Å². The molecule has 1 saturated carbocycles. The lowest BCUT2D eigenvalue weighted by Gasteiger charge is -2.29. The lowest BCUT2D eigenvalue weighted by atomic mass is 9.93. The van der Waals surface area contributed by atoms with Crippen molar-refractivity contribution in [1.82, 2.24) is 5.09 Å². The number of hydrogen-bond donors (Lipinski definition) is 3. The van der Waals surface area contributed by atoms with Crippen LogP contribution >= 0.6 is 7.75 Å². The molecule has 0 spiro atoms. The summed E-state index contributed by atoms with van der Waals surface area (Å²) in [7, 11) is -4.35. The molecule has 0 radical (unpaired) electrons. The van der Waals surface area contributed by atoms with E-state index >= 15 is 4.39 Å². The maximum atomic E-state index is 15.3. The smallest absolute Gasteiger partial charge is 0.459 e. The third-order valence-electron chi connectivity index (χ3n) is 6.10. The van der Waals surface area contributed by atoms with Crippen molar-refractivity contribution in [3.05, 3.63) is 30.3 Å². The first-order chi connectivity index (χ1) is 15.5. The number of halogens is 1. The van der Waals surface area contributed by atoms with Gasteiger partial charge in [0.05, 0.1) is 6.10 Å². The molecule has 9 nitrogen and oxygen atoms in total. The van der Waals surface area contributed by atoms with Crippen LogP contribution in [0.25, 0.3) is 0 Å². The molecule has 3 rings (SSSR count). The molecule has 2 fully saturated rings. The fourth-order valence-corrected chi connectivity index (χ4v) is 5.38. The summed E-state index contributed by atoms with van der Waals surface area (Å²) in [4.78, 5) is 12.6. The van der Waals surface area contributed by atoms with E-state index in [2.05, 4.69) is 5.09 Å². The van der Waals surface area contributed by atoms with Crippen molar-refractivity contribution >= 4 is 13.7 Å². The number of carbonyl (C=O) groups excluding carboxylic acids is 1. The summed E-state index contributed by atoms with van der Waals surface area (Å²) in [5, 5.41) is 23.0. The van der Waals surface area contributed by atoms with Crippen molar-refractivity contribution in [1.29, 1.82) is 0 Å². The molecule has 1 saturated heterocycles. The Morgan fingerprint density at radius 2 is 1.94 bits per heavy atom. The average Bonchev–Trinajstić information content (AvgIpc) is 2.93. The number of aliphatic hydroxyl groups is 2. The second-order valence-corrected chi connectivity index (χ2v) is 10.6. The second kappa shape index (κ2) is 10.4. The molecule has 2 aliphatic rings. The van der Waals surface area contributed by atoms with Crippen molar-refractivity contribution in [2.45, 2.75) is 88.7 Å². The van der Waals surface area contributed by atoms with E-state index < -0.39 is 50.0 Å². The van der Waals surface area contributed by atoms with Gasteiger partial charge in [0.2, 0.25) is 0 Å². The number of hydrogen-bond acceptors (Lipinski definition) is 8. The average molecular weight is 489 g/mol. The van der Waals surface area contributed by atoms with Crippen LogP contribution in [-0.4, -0.2) is 58.6 Å². The SMILES string of the molecule is CC1O[C@](F)(COP(=O)(N[C@@H](C)C(=O)OC2CCCCC2)Oc2ccccc2)[C@@H](O)[C@@]1(C)O. The quantitative estimate of drug-likeness (QED) is 0.354. The minimum absolute atomic E-state index is 0.155. The molecular weight excluding hydrogens is 456 g/mol. The van der Waals surface area contributed by atoms with Crippen LogP contribution < -0.4 is 9.61 Å². The summed E-state index contributed by atoms with van der Waals surface area (Å²) in [6.45, 7) is 3.04. The highest BCUT2D eigenvalue weighted by Gasteiger charge is 2.61. The number of benzene rings is 1. The summed E-state index contributed by atoms with van der Waals surface area (Å²) < 4.78 is 50.1. The zero-order valence-electron chi connectivity index (χ0n) is 19.1. The Morgan fingerprint density at radius 3 is 2.52 bits per heavy atom. The van der Waals surface area contributed by atoms with Crippen molar-refractivity contribution in [2.24, 2.45) is 0 Å². The number of rotatable bonds is 9.